The number of rotatable bonds is 6. The van der Waals surface area contributed by atoms with Crippen molar-refractivity contribution >= 4 is 12.1 Å². The number of carbonyl (C=O) groups excluding carboxylic acids is 2. The van der Waals surface area contributed by atoms with E-state index in [1.807, 2.05) is 32.9 Å². The van der Waals surface area contributed by atoms with Gasteiger partial charge in [-0.1, -0.05) is 12.1 Å². The van der Waals surface area contributed by atoms with Crippen molar-refractivity contribution in [2.45, 2.75) is 58.0 Å². The van der Waals surface area contributed by atoms with Crippen LogP contribution in [0.4, 0.5) is 4.79 Å². The molecular weight excluding hydrogens is 420 g/mol. The molecule has 178 valence electrons. The number of likely N-dealkylation sites (tertiary alicyclic amines) is 1. The highest BCUT2D eigenvalue weighted by Gasteiger charge is 2.28. The smallest absolute Gasteiger partial charge is 0.410 e. The summed E-state index contributed by atoms with van der Waals surface area (Å²) in [5.74, 6) is 0.619. The molecule has 2 heterocycles. The molecule has 1 amide bonds. The van der Waals surface area contributed by atoms with Crippen molar-refractivity contribution in [3.8, 4) is 5.75 Å². The summed E-state index contributed by atoms with van der Waals surface area (Å²) in [6, 6.07) is 11.5. The van der Waals surface area contributed by atoms with Crippen LogP contribution in [-0.4, -0.2) is 54.9 Å². The lowest BCUT2D eigenvalue weighted by atomic mass is 9.93. The molecule has 1 saturated heterocycles. The summed E-state index contributed by atoms with van der Waals surface area (Å²) in [6.45, 7) is 7.01. The van der Waals surface area contributed by atoms with E-state index in [1.54, 1.807) is 24.1 Å². The monoisotopic (exact) mass is 454 g/mol. The Morgan fingerprint density at radius 1 is 1.06 bits per heavy atom. The van der Waals surface area contributed by atoms with Gasteiger partial charge in [-0.25, -0.2) is 9.59 Å². The molecule has 0 spiro atoms. The van der Waals surface area contributed by atoms with Crippen LogP contribution < -0.4 is 4.74 Å². The molecular formula is C26H34N2O5. The molecule has 1 aromatic heterocycles. The Bertz CT molecular complexity index is 975. The number of carbonyl (C=O) groups is 2. The molecule has 3 rings (SSSR count). The van der Waals surface area contributed by atoms with Gasteiger partial charge in [0.15, 0.2) is 0 Å². The molecule has 0 N–H and O–H groups in total. The van der Waals surface area contributed by atoms with E-state index in [1.165, 1.54) is 7.11 Å². The average Bonchev–Trinajstić information content (AvgIpc) is 2.81. The molecule has 0 saturated carbocycles. The van der Waals surface area contributed by atoms with Crippen molar-refractivity contribution < 1.29 is 23.8 Å². The molecule has 0 radical (unpaired) electrons. The highest BCUT2D eigenvalue weighted by Crippen LogP contribution is 2.28. The number of esters is 1. The van der Waals surface area contributed by atoms with E-state index in [4.69, 9.17) is 19.2 Å². The number of hydrogen-bond donors (Lipinski definition) is 0. The van der Waals surface area contributed by atoms with Crippen LogP contribution in [0.15, 0.2) is 36.4 Å². The number of benzene rings is 1. The van der Waals surface area contributed by atoms with Crippen LogP contribution in [0.5, 0.6) is 5.75 Å². The molecule has 1 fully saturated rings. The lowest BCUT2D eigenvalue weighted by Gasteiger charge is -2.33. The fourth-order valence-corrected chi connectivity index (χ4v) is 4.01. The molecule has 1 aliphatic heterocycles. The number of pyridine rings is 1. The van der Waals surface area contributed by atoms with Gasteiger partial charge in [0.2, 0.25) is 0 Å². The number of methoxy groups -OCH3 is 2. The summed E-state index contributed by atoms with van der Waals surface area (Å²) >= 11 is 0. The zero-order valence-electron chi connectivity index (χ0n) is 20.2. The third kappa shape index (κ3) is 6.70. The van der Waals surface area contributed by atoms with E-state index in [0.717, 1.165) is 42.6 Å². The fraction of sp³-hybridized carbons (Fsp3) is 0.500. The van der Waals surface area contributed by atoms with Gasteiger partial charge in [0.1, 0.15) is 11.4 Å². The second kappa shape index (κ2) is 10.7. The van der Waals surface area contributed by atoms with Gasteiger partial charge in [-0.15, -0.1) is 0 Å². The number of aromatic nitrogens is 1. The fourth-order valence-electron chi connectivity index (χ4n) is 4.01. The quantitative estimate of drug-likeness (QED) is 0.585. The maximum Gasteiger partial charge on any atom is 0.410 e. The lowest BCUT2D eigenvalue weighted by molar-refractivity contribution is 0.0203. The van der Waals surface area contributed by atoms with Crippen molar-refractivity contribution in [2.75, 3.05) is 27.3 Å². The molecule has 7 heteroatoms. The minimum atomic E-state index is -0.480. The topological polar surface area (TPSA) is 78.0 Å². The van der Waals surface area contributed by atoms with E-state index in [9.17, 15) is 9.59 Å². The maximum absolute atomic E-state index is 12.3. The Hall–Kier alpha value is -3.09. The predicted octanol–water partition coefficient (Wildman–Crippen LogP) is 4.78. The molecule has 33 heavy (non-hydrogen) atoms. The van der Waals surface area contributed by atoms with E-state index >= 15 is 0 Å². The lowest BCUT2D eigenvalue weighted by Crippen LogP contribution is -2.41. The molecule has 1 aromatic carbocycles. The molecule has 1 aliphatic rings. The van der Waals surface area contributed by atoms with Crippen LogP contribution in [0.1, 0.15) is 66.8 Å². The van der Waals surface area contributed by atoms with Gasteiger partial charge < -0.3 is 19.1 Å². The summed E-state index contributed by atoms with van der Waals surface area (Å²) in [5, 5.41) is 0. The molecule has 7 nitrogen and oxygen atoms in total. The number of amides is 1. The molecule has 0 atom stereocenters. The van der Waals surface area contributed by atoms with Gasteiger partial charge in [0.25, 0.3) is 0 Å². The van der Waals surface area contributed by atoms with Gasteiger partial charge in [-0.3, -0.25) is 4.98 Å². The number of ether oxygens (including phenoxy) is 3. The van der Waals surface area contributed by atoms with Crippen LogP contribution in [0.3, 0.4) is 0 Å². The zero-order chi connectivity index (χ0) is 24.0. The Morgan fingerprint density at radius 2 is 1.79 bits per heavy atom. The van der Waals surface area contributed by atoms with Crippen LogP contribution in [0, 0.1) is 0 Å². The minimum absolute atomic E-state index is 0.241. The summed E-state index contributed by atoms with van der Waals surface area (Å²) in [4.78, 5) is 30.8. The highest BCUT2D eigenvalue weighted by molar-refractivity contribution is 5.89. The van der Waals surface area contributed by atoms with Crippen LogP contribution >= 0.6 is 0 Å². The highest BCUT2D eigenvalue weighted by atomic mass is 16.6. The first-order valence-corrected chi connectivity index (χ1v) is 11.4. The van der Waals surface area contributed by atoms with Crippen molar-refractivity contribution in [3.63, 3.8) is 0 Å². The summed E-state index contributed by atoms with van der Waals surface area (Å²) < 4.78 is 15.8. The minimum Gasteiger partial charge on any atom is -0.496 e. The Labute approximate surface area is 196 Å². The van der Waals surface area contributed by atoms with E-state index in [-0.39, 0.29) is 12.1 Å². The second-order valence-electron chi connectivity index (χ2n) is 9.31. The zero-order valence-corrected chi connectivity index (χ0v) is 20.2. The van der Waals surface area contributed by atoms with Crippen molar-refractivity contribution in [3.05, 3.63) is 58.9 Å². The Kier molecular flexibility index (Phi) is 7.95. The van der Waals surface area contributed by atoms with Crippen molar-refractivity contribution in [2.24, 2.45) is 0 Å². The standard InChI is InChI=1S/C26H34N2O5/c1-26(2,3)33-25(30)28-15-13-18(14-16-28)22-8-6-7-21(27-22)12-11-19-9-10-20(24(29)32-5)17-23(19)31-4/h6-10,17-18H,11-16H2,1-5H3. The first kappa shape index (κ1) is 24.6. The largest absolute Gasteiger partial charge is 0.496 e. The summed E-state index contributed by atoms with van der Waals surface area (Å²) in [7, 11) is 2.96. The number of piperidine rings is 1. The van der Waals surface area contributed by atoms with Crippen molar-refractivity contribution in [1.29, 1.82) is 0 Å². The van der Waals surface area contributed by atoms with Crippen LogP contribution in [-0.2, 0) is 22.3 Å². The SMILES string of the molecule is COC(=O)c1ccc(CCc2cccc(C3CCN(C(=O)OC(C)(C)C)CC3)n2)c(OC)c1. The van der Waals surface area contributed by atoms with Crippen LogP contribution in [0.25, 0.3) is 0 Å². The maximum atomic E-state index is 12.3. The van der Waals surface area contributed by atoms with E-state index in [2.05, 4.69) is 12.1 Å². The molecule has 0 bridgehead atoms. The van der Waals surface area contributed by atoms with Gasteiger partial charge >= 0.3 is 12.1 Å². The number of aryl methyl sites for hydroxylation is 2. The average molecular weight is 455 g/mol. The summed E-state index contributed by atoms with van der Waals surface area (Å²) in [6.07, 6.45) is 3.02. The number of hydrogen-bond acceptors (Lipinski definition) is 6. The third-order valence-electron chi connectivity index (χ3n) is 5.75. The number of nitrogens with zero attached hydrogens (tertiary/aromatic N) is 2. The summed E-state index contributed by atoms with van der Waals surface area (Å²) in [5.41, 5.74) is 3.09. The first-order chi connectivity index (χ1) is 15.7. The Balaban J connectivity index is 1.60. The molecule has 2 aromatic rings. The molecule has 0 aliphatic carbocycles. The normalized spacial score (nSPS) is 14.6. The van der Waals surface area contributed by atoms with Gasteiger partial charge in [0.05, 0.1) is 19.8 Å². The first-order valence-electron chi connectivity index (χ1n) is 11.4. The third-order valence-corrected chi connectivity index (χ3v) is 5.75. The Morgan fingerprint density at radius 3 is 2.42 bits per heavy atom. The predicted molar refractivity (Wildman–Crippen MR) is 126 cm³/mol. The second-order valence-corrected chi connectivity index (χ2v) is 9.31. The van der Waals surface area contributed by atoms with Crippen molar-refractivity contribution in [1.82, 2.24) is 9.88 Å². The van der Waals surface area contributed by atoms with Gasteiger partial charge in [-0.05, 0) is 76.3 Å². The molecule has 0 unspecified atom stereocenters. The van der Waals surface area contributed by atoms with Gasteiger partial charge in [0, 0.05) is 30.4 Å². The van der Waals surface area contributed by atoms with E-state index in [0.29, 0.717) is 30.3 Å². The van der Waals surface area contributed by atoms with Crippen LogP contribution in [0.2, 0.25) is 0 Å². The van der Waals surface area contributed by atoms with E-state index < -0.39 is 5.60 Å². The van der Waals surface area contributed by atoms with Gasteiger partial charge in [-0.2, -0.15) is 0 Å².